The number of hydrogen-bond acceptors (Lipinski definition) is 4. The van der Waals surface area contributed by atoms with Gasteiger partial charge in [-0.25, -0.2) is 0 Å². The predicted octanol–water partition coefficient (Wildman–Crippen LogP) is 3.87. The van der Waals surface area contributed by atoms with Crippen LogP contribution in [0, 0.1) is 6.92 Å². The molecule has 2 amide bonds. The Bertz CT molecular complexity index is 924. The summed E-state index contributed by atoms with van der Waals surface area (Å²) in [4.78, 5) is 37.0. The van der Waals surface area contributed by atoms with Gasteiger partial charge >= 0.3 is 5.97 Å². The van der Waals surface area contributed by atoms with Crippen LogP contribution in [-0.4, -0.2) is 30.9 Å². The van der Waals surface area contributed by atoms with E-state index in [4.69, 9.17) is 4.74 Å². The van der Waals surface area contributed by atoms with Gasteiger partial charge in [0.15, 0.2) is 6.61 Å². The summed E-state index contributed by atoms with van der Waals surface area (Å²) in [5.74, 6) is -1.24. The van der Waals surface area contributed by atoms with Gasteiger partial charge in [0.05, 0.1) is 12.0 Å². The van der Waals surface area contributed by atoms with Gasteiger partial charge in [-0.2, -0.15) is 0 Å². The van der Waals surface area contributed by atoms with Gasteiger partial charge in [0.2, 0.25) is 5.91 Å². The van der Waals surface area contributed by atoms with Crippen LogP contribution in [0.4, 0.5) is 5.69 Å². The molecule has 0 radical (unpaired) electrons. The van der Waals surface area contributed by atoms with Crippen molar-refractivity contribution in [3.05, 3.63) is 64.1 Å². The molecule has 1 saturated carbocycles. The molecule has 6 nitrogen and oxygen atoms in total. The van der Waals surface area contributed by atoms with Gasteiger partial charge < -0.3 is 15.4 Å². The van der Waals surface area contributed by atoms with Crippen LogP contribution in [-0.2, 0) is 24.5 Å². The minimum Gasteiger partial charge on any atom is -0.455 e. The highest BCUT2D eigenvalue weighted by atomic mass is 79.9. The van der Waals surface area contributed by atoms with E-state index in [-0.39, 0.29) is 18.4 Å². The van der Waals surface area contributed by atoms with E-state index in [9.17, 15) is 14.4 Å². The zero-order valence-corrected chi connectivity index (χ0v) is 18.5. The van der Waals surface area contributed by atoms with Crippen molar-refractivity contribution in [2.24, 2.45) is 0 Å². The zero-order valence-electron chi connectivity index (χ0n) is 16.9. The van der Waals surface area contributed by atoms with Crippen molar-refractivity contribution < 1.29 is 19.1 Å². The average Bonchev–Trinajstić information content (AvgIpc) is 3.24. The largest absolute Gasteiger partial charge is 0.455 e. The molecule has 7 heteroatoms. The molecule has 158 valence electrons. The number of ether oxygens (including phenoxy) is 1. The normalized spacial score (nSPS) is 14.7. The van der Waals surface area contributed by atoms with Crippen molar-refractivity contribution in [2.45, 2.75) is 38.0 Å². The molecule has 0 heterocycles. The Labute approximate surface area is 184 Å². The van der Waals surface area contributed by atoms with Crippen LogP contribution in [0.25, 0.3) is 0 Å². The molecule has 0 aliphatic heterocycles. The number of benzene rings is 2. The molecule has 0 aromatic heterocycles. The molecule has 0 bridgehead atoms. The van der Waals surface area contributed by atoms with E-state index in [2.05, 4.69) is 26.6 Å². The Morgan fingerprint density at radius 1 is 1.03 bits per heavy atom. The molecule has 2 aromatic rings. The Morgan fingerprint density at radius 2 is 1.73 bits per heavy atom. The summed E-state index contributed by atoms with van der Waals surface area (Å²) in [5.41, 5.74) is 1.82. The number of halogens is 1. The highest BCUT2D eigenvalue weighted by Crippen LogP contribution is 2.42. The van der Waals surface area contributed by atoms with E-state index in [0.717, 1.165) is 28.4 Å². The minimum absolute atomic E-state index is 0.199. The third kappa shape index (κ3) is 5.27. The van der Waals surface area contributed by atoms with Gasteiger partial charge in [-0.15, -0.1) is 0 Å². The number of amides is 2. The Hall–Kier alpha value is -2.67. The lowest BCUT2D eigenvalue weighted by Gasteiger charge is -2.27. The Kier molecular flexibility index (Phi) is 7.26. The standard InChI is InChI=1S/C23H25BrN2O4/c1-16-13-18(24)9-10-19(16)26-20(27)14-25-21(28)15-30-22(29)23(11-5-6-12-23)17-7-3-2-4-8-17/h2-4,7-10,13H,5-6,11-12,14-15H2,1H3,(H,25,28)(H,26,27). The lowest BCUT2D eigenvalue weighted by Crippen LogP contribution is -2.39. The quantitative estimate of drug-likeness (QED) is 0.599. The molecule has 1 aliphatic rings. The molecule has 2 N–H and O–H groups in total. The number of hydrogen-bond donors (Lipinski definition) is 2. The van der Waals surface area contributed by atoms with Gasteiger partial charge in [-0.05, 0) is 49.1 Å². The SMILES string of the molecule is Cc1cc(Br)ccc1NC(=O)CNC(=O)COC(=O)C1(c2ccccc2)CCCC1. The second kappa shape index (κ2) is 9.89. The number of anilines is 1. The monoisotopic (exact) mass is 472 g/mol. The van der Waals surface area contributed by atoms with Gasteiger partial charge in [-0.3, -0.25) is 14.4 Å². The molecule has 1 fully saturated rings. The maximum Gasteiger partial charge on any atom is 0.317 e. The number of nitrogens with one attached hydrogen (secondary N) is 2. The van der Waals surface area contributed by atoms with Crippen molar-refractivity contribution in [1.29, 1.82) is 0 Å². The van der Waals surface area contributed by atoms with Crippen molar-refractivity contribution in [3.8, 4) is 0 Å². The lowest BCUT2D eigenvalue weighted by molar-refractivity contribution is -0.154. The second-order valence-electron chi connectivity index (χ2n) is 7.52. The molecule has 0 unspecified atom stereocenters. The first-order valence-electron chi connectivity index (χ1n) is 9.96. The van der Waals surface area contributed by atoms with Crippen LogP contribution in [0.3, 0.4) is 0 Å². The number of aryl methyl sites for hydroxylation is 1. The highest BCUT2D eigenvalue weighted by molar-refractivity contribution is 9.10. The van der Waals surface area contributed by atoms with E-state index in [1.807, 2.05) is 49.4 Å². The lowest BCUT2D eigenvalue weighted by atomic mass is 9.79. The van der Waals surface area contributed by atoms with Gasteiger partial charge in [0.25, 0.3) is 5.91 Å². The molecule has 30 heavy (non-hydrogen) atoms. The van der Waals surface area contributed by atoms with Crippen LogP contribution in [0.1, 0.15) is 36.8 Å². The first-order chi connectivity index (χ1) is 14.4. The van der Waals surface area contributed by atoms with Crippen molar-refractivity contribution >= 4 is 39.4 Å². The molecule has 0 spiro atoms. The van der Waals surface area contributed by atoms with Crippen LogP contribution < -0.4 is 10.6 Å². The summed E-state index contributed by atoms with van der Waals surface area (Å²) in [6.45, 7) is 1.28. The maximum absolute atomic E-state index is 12.8. The van der Waals surface area contributed by atoms with Gasteiger partial charge in [0.1, 0.15) is 0 Å². The molecule has 0 saturated heterocycles. The Morgan fingerprint density at radius 3 is 2.40 bits per heavy atom. The first kappa shape index (κ1) is 22.0. The molecule has 2 aromatic carbocycles. The smallest absolute Gasteiger partial charge is 0.317 e. The third-order valence-electron chi connectivity index (χ3n) is 5.42. The van der Waals surface area contributed by atoms with Gasteiger partial charge in [0, 0.05) is 10.2 Å². The summed E-state index contributed by atoms with van der Waals surface area (Å²) < 4.78 is 6.26. The summed E-state index contributed by atoms with van der Waals surface area (Å²) in [6, 6.07) is 15.1. The fourth-order valence-electron chi connectivity index (χ4n) is 3.81. The van der Waals surface area contributed by atoms with Crippen LogP contribution >= 0.6 is 15.9 Å². The zero-order chi connectivity index (χ0) is 21.6. The summed E-state index contributed by atoms with van der Waals surface area (Å²) in [5, 5.41) is 5.24. The predicted molar refractivity (Wildman–Crippen MR) is 118 cm³/mol. The summed E-state index contributed by atoms with van der Waals surface area (Å²) in [6.07, 6.45) is 3.33. The van der Waals surface area contributed by atoms with E-state index in [0.29, 0.717) is 18.5 Å². The van der Waals surface area contributed by atoms with E-state index >= 15 is 0 Å². The number of carbonyl (C=O) groups excluding carboxylic acids is 3. The summed E-state index contributed by atoms with van der Waals surface area (Å²) >= 11 is 3.37. The molecule has 3 rings (SSSR count). The van der Waals surface area contributed by atoms with Crippen LogP contribution in [0.2, 0.25) is 0 Å². The van der Waals surface area contributed by atoms with E-state index in [1.165, 1.54) is 0 Å². The third-order valence-corrected chi connectivity index (χ3v) is 5.91. The second-order valence-corrected chi connectivity index (χ2v) is 8.43. The molecule has 1 aliphatic carbocycles. The molecular weight excluding hydrogens is 448 g/mol. The van der Waals surface area contributed by atoms with Crippen LogP contribution in [0.15, 0.2) is 53.0 Å². The highest BCUT2D eigenvalue weighted by Gasteiger charge is 2.44. The average molecular weight is 473 g/mol. The number of carbonyl (C=O) groups is 3. The molecule has 0 atom stereocenters. The Balaban J connectivity index is 1.49. The fraction of sp³-hybridized carbons (Fsp3) is 0.348. The maximum atomic E-state index is 12.8. The van der Waals surface area contributed by atoms with Crippen molar-refractivity contribution in [3.63, 3.8) is 0 Å². The summed E-state index contributed by atoms with van der Waals surface area (Å²) in [7, 11) is 0. The van der Waals surface area contributed by atoms with E-state index in [1.54, 1.807) is 6.07 Å². The number of esters is 1. The first-order valence-corrected chi connectivity index (χ1v) is 10.8. The minimum atomic E-state index is -0.683. The van der Waals surface area contributed by atoms with E-state index < -0.39 is 17.9 Å². The van der Waals surface area contributed by atoms with Crippen molar-refractivity contribution in [1.82, 2.24) is 5.32 Å². The fourth-order valence-corrected chi connectivity index (χ4v) is 4.28. The topological polar surface area (TPSA) is 84.5 Å². The van der Waals surface area contributed by atoms with Crippen LogP contribution in [0.5, 0.6) is 0 Å². The van der Waals surface area contributed by atoms with Crippen molar-refractivity contribution in [2.75, 3.05) is 18.5 Å². The molecular formula is C23H25BrN2O4. The van der Waals surface area contributed by atoms with Gasteiger partial charge in [-0.1, -0.05) is 59.1 Å². The number of rotatable bonds is 7.